The minimum absolute atomic E-state index is 0.278. The van der Waals surface area contributed by atoms with Gasteiger partial charge in [0.25, 0.3) is 0 Å². The Bertz CT molecular complexity index is 805. The number of aryl methyl sites for hydroxylation is 1. The summed E-state index contributed by atoms with van der Waals surface area (Å²) in [6.45, 7) is 7.34. The first-order valence-electron chi connectivity index (χ1n) is 7.39. The molecule has 7 nitrogen and oxygen atoms in total. The summed E-state index contributed by atoms with van der Waals surface area (Å²) in [4.78, 5) is 25.8. The van der Waals surface area contributed by atoms with Crippen molar-refractivity contribution in [2.45, 2.75) is 39.8 Å². The highest BCUT2D eigenvalue weighted by Gasteiger charge is 2.32. The lowest BCUT2D eigenvalue weighted by molar-refractivity contribution is -0.564. The number of benzene rings is 1. The Balaban J connectivity index is 2.65. The highest BCUT2D eigenvalue weighted by atomic mass is 16.6. The Morgan fingerprint density at radius 1 is 1.35 bits per heavy atom. The number of nitrogens with zero attached hydrogens (tertiary/aromatic N) is 3. The third-order valence-electron chi connectivity index (χ3n) is 3.32. The van der Waals surface area contributed by atoms with Crippen LogP contribution in [0.5, 0.6) is 0 Å². The molecule has 1 amide bonds. The maximum absolute atomic E-state index is 12.6. The van der Waals surface area contributed by atoms with Crippen molar-refractivity contribution in [2.75, 3.05) is 11.9 Å². The van der Waals surface area contributed by atoms with Gasteiger partial charge in [-0.3, -0.25) is 9.36 Å². The molecule has 1 heterocycles. The molecule has 0 radical (unpaired) electrons. The number of hydrogen-bond acceptors (Lipinski definition) is 4. The summed E-state index contributed by atoms with van der Waals surface area (Å²) in [7, 11) is 1.36. The molecular formula is C16H21N3O4. The molecule has 0 spiro atoms. The lowest BCUT2D eigenvalue weighted by atomic mass is 10.2. The molecule has 0 atom stereocenters. The Labute approximate surface area is 134 Å². The molecule has 2 aromatic rings. The predicted octanol–water partition coefficient (Wildman–Crippen LogP) is 2.03. The molecule has 0 aliphatic rings. The third-order valence-corrected chi connectivity index (χ3v) is 3.32. The second-order valence-corrected chi connectivity index (χ2v) is 6.20. The Morgan fingerprint density at radius 3 is 2.52 bits per heavy atom. The number of para-hydroxylation sites is 2. The van der Waals surface area contributed by atoms with Crippen LogP contribution in [-0.2, 0) is 11.3 Å². The quantitative estimate of drug-likeness (QED) is 0.627. The molecule has 0 fully saturated rings. The van der Waals surface area contributed by atoms with E-state index in [4.69, 9.17) is 4.74 Å². The fourth-order valence-electron chi connectivity index (χ4n) is 2.31. The average Bonchev–Trinajstić information content (AvgIpc) is 2.46. The zero-order valence-electron chi connectivity index (χ0n) is 14.0. The molecule has 0 saturated heterocycles. The van der Waals surface area contributed by atoms with Gasteiger partial charge >= 0.3 is 17.5 Å². The minimum Gasteiger partial charge on any atom is -0.710 e. The largest absolute Gasteiger partial charge is 0.710 e. The van der Waals surface area contributed by atoms with Crippen LogP contribution in [0.4, 0.5) is 10.6 Å². The summed E-state index contributed by atoms with van der Waals surface area (Å²) in [6.07, 6.45) is -0.753. The summed E-state index contributed by atoms with van der Waals surface area (Å²) in [5.41, 5.74) is -0.412. The van der Waals surface area contributed by atoms with Gasteiger partial charge in [0.2, 0.25) is 0 Å². The van der Waals surface area contributed by atoms with Crippen LogP contribution in [0.15, 0.2) is 29.1 Å². The number of carbonyl (C=O) groups excluding carboxylic acids is 1. The zero-order valence-corrected chi connectivity index (χ0v) is 14.0. The fraction of sp³-hybridized carbons (Fsp3) is 0.438. The first-order chi connectivity index (χ1) is 10.7. The molecule has 124 valence electrons. The standard InChI is InChI=1S/C16H21N3O4/c1-6-18-11-9-7-8-10-12(11)19(22)13(14(18)20)17(5)15(21)23-16(2,3)4/h7-10H,6H2,1-5H3. The van der Waals surface area contributed by atoms with E-state index < -0.39 is 17.3 Å². The van der Waals surface area contributed by atoms with Crippen molar-refractivity contribution in [3.05, 3.63) is 39.8 Å². The number of anilines is 1. The van der Waals surface area contributed by atoms with E-state index in [0.717, 1.165) is 4.90 Å². The molecule has 2 rings (SSSR count). The van der Waals surface area contributed by atoms with Crippen LogP contribution in [0.2, 0.25) is 0 Å². The molecular weight excluding hydrogens is 298 g/mol. The maximum Gasteiger partial charge on any atom is 0.507 e. The van der Waals surface area contributed by atoms with Crippen molar-refractivity contribution in [3.8, 4) is 0 Å². The van der Waals surface area contributed by atoms with Crippen molar-refractivity contribution in [1.29, 1.82) is 0 Å². The van der Waals surface area contributed by atoms with E-state index in [-0.39, 0.29) is 5.82 Å². The molecule has 0 N–H and O–H groups in total. The van der Waals surface area contributed by atoms with Gasteiger partial charge < -0.3 is 9.94 Å². The first kappa shape index (κ1) is 16.8. The summed E-state index contributed by atoms with van der Waals surface area (Å²) in [5, 5.41) is 12.6. The molecule has 0 unspecified atom stereocenters. The average molecular weight is 319 g/mol. The molecule has 1 aromatic heterocycles. The maximum atomic E-state index is 12.6. The lowest BCUT2D eigenvalue weighted by Gasteiger charge is -2.22. The molecule has 23 heavy (non-hydrogen) atoms. The summed E-state index contributed by atoms with van der Waals surface area (Å²) in [6, 6.07) is 6.77. The Morgan fingerprint density at radius 2 is 1.96 bits per heavy atom. The normalized spacial score (nSPS) is 11.5. The van der Waals surface area contributed by atoms with Gasteiger partial charge in [0.15, 0.2) is 5.52 Å². The van der Waals surface area contributed by atoms with Gasteiger partial charge in [0, 0.05) is 6.54 Å². The fourth-order valence-corrected chi connectivity index (χ4v) is 2.31. The van der Waals surface area contributed by atoms with Crippen LogP contribution in [0, 0.1) is 5.21 Å². The van der Waals surface area contributed by atoms with Crippen molar-refractivity contribution in [1.82, 2.24) is 4.57 Å². The number of carbonyl (C=O) groups is 1. The SMILES string of the molecule is CCn1c(=O)c(N(C)C(=O)OC(C)(C)C)[n+]([O-])c2ccccc21. The van der Waals surface area contributed by atoms with Crippen molar-refractivity contribution >= 4 is 22.9 Å². The van der Waals surface area contributed by atoms with Crippen molar-refractivity contribution in [3.63, 3.8) is 0 Å². The lowest BCUT2D eigenvalue weighted by Crippen LogP contribution is -2.48. The van der Waals surface area contributed by atoms with E-state index >= 15 is 0 Å². The number of aromatic nitrogens is 2. The van der Waals surface area contributed by atoms with E-state index in [1.807, 2.05) is 0 Å². The molecule has 0 aliphatic carbocycles. The Hall–Kier alpha value is -2.57. The summed E-state index contributed by atoms with van der Waals surface area (Å²) < 4.78 is 7.17. The van der Waals surface area contributed by atoms with Crippen LogP contribution in [0.1, 0.15) is 27.7 Å². The monoisotopic (exact) mass is 319 g/mol. The van der Waals surface area contributed by atoms with Gasteiger partial charge in [-0.1, -0.05) is 12.1 Å². The summed E-state index contributed by atoms with van der Waals surface area (Å²) in [5.74, 6) is -0.278. The van der Waals surface area contributed by atoms with E-state index in [2.05, 4.69) is 0 Å². The molecule has 0 aliphatic heterocycles. The van der Waals surface area contributed by atoms with Crippen molar-refractivity contribution < 1.29 is 14.3 Å². The molecule has 7 heteroatoms. The van der Waals surface area contributed by atoms with Crippen LogP contribution < -0.4 is 15.2 Å². The first-order valence-corrected chi connectivity index (χ1v) is 7.39. The second-order valence-electron chi connectivity index (χ2n) is 6.20. The van der Waals surface area contributed by atoms with Gasteiger partial charge in [0.05, 0.1) is 12.6 Å². The van der Waals surface area contributed by atoms with E-state index in [1.165, 1.54) is 11.6 Å². The summed E-state index contributed by atoms with van der Waals surface area (Å²) >= 11 is 0. The van der Waals surface area contributed by atoms with E-state index in [9.17, 15) is 14.8 Å². The van der Waals surface area contributed by atoms with Crippen LogP contribution in [0.25, 0.3) is 11.0 Å². The van der Waals surface area contributed by atoms with Gasteiger partial charge in [-0.2, -0.15) is 9.69 Å². The molecule has 1 aromatic carbocycles. The Kier molecular flexibility index (Phi) is 4.31. The van der Waals surface area contributed by atoms with E-state index in [1.54, 1.807) is 52.0 Å². The third kappa shape index (κ3) is 3.13. The number of fused-ring (bicyclic) bond motifs is 1. The number of ether oxygens (including phenoxy) is 1. The topological polar surface area (TPSA) is 78.5 Å². The van der Waals surface area contributed by atoms with Gasteiger partial charge in [0.1, 0.15) is 5.60 Å². The van der Waals surface area contributed by atoms with Crippen LogP contribution in [0.3, 0.4) is 0 Å². The zero-order chi connectivity index (χ0) is 17.4. The minimum atomic E-state index is -0.753. The highest BCUT2D eigenvalue weighted by Crippen LogP contribution is 2.14. The van der Waals surface area contributed by atoms with Crippen LogP contribution >= 0.6 is 0 Å². The van der Waals surface area contributed by atoms with Gasteiger partial charge in [-0.25, -0.2) is 4.73 Å². The number of rotatable bonds is 2. The second kappa shape index (κ2) is 5.91. The molecule has 0 saturated carbocycles. The molecule has 0 bridgehead atoms. The smallest absolute Gasteiger partial charge is 0.507 e. The van der Waals surface area contributed by atoms with Crippen LogP contribution in [-0.4, -0.2) is 23.3 Å². The number of hydrogen-bond donors (Lipinski definition) is 0. The van der Waals surface area contributed by atoms with E-state index in [0.29, 0.717) is 22.3 Å². The van der Waals surface area contributed by atoms with Gasteiger partial charge in [-0.15, -0.1) is 0 Å². The number of amides is 1. The predicted molar refractivity (Wildman–Crippen MR) is 87.5 cm³/mol. The highest BCUT2D eigenvalue weighted by molar-refractivity contribution is 5.86. The van der Waals surface area contributed by atoms with Crippen molar-refractivity contribution in [2.24, 2.45) is 0 Å². The van der Waals surface area contributed by atoms with Gasteiger partial charge in [-0.05, 0) is 39.8 Å².